The molecular weight excluding hydrogens is 258 g/mol. The zero-order chi connectivity index (χ0) is 14.5. The predicted octanol–water partition coefficient (Wildman–Crippen LogP) is 3.59. The zero-order valence-corrected chi connectivity index (χ0v) is 13.8. The maximum atomic E-state index is 6.09. The molecule has 0 spiro atoms. The monoisotopic (exact) mass is 283 g/mol. The molecule has 1 saturated heterocycles. The molecule has 0 bridgehead atoms. The van der Waals surface area contributed by atoms with Gasteiger partial charge in [-0.1, -0.05) is 32.1 Å². The Labute approximate surface area is 120 Å². The van der Waals surface area contributed by atoms with Crippen molar-refractivity contribution in [2.24, 2.45) is 0 Å². The SMILES string of the molecule is CC1(C)CC(Nc2nnc(C(C)(C)C)s2)C(C)(C)O1. The first kappa shape index (κ1) is 14.7. The van der Waals surface area contributed by atoms with Gasteiger partial charge in [0.2, 0.25) is 5.13 Å². The van der Waals surface area contributed by atoms with Gasteiger partial charge in [-0.05, 0) is 34.1 Å². The highest BCUT2D eigenvalue weighted by atomic mass is 32.1. The molecule has 1 aliphatic rings. The number of nitrogens with one attached hydrogen (secondary N) is 1. The summed E-state index contributed by atoms with van der Waals surface area (Å²) in [6.07, 6.45) is 0.977. The Morgan fingerprint density at radius 3 is 2.26 bits per heavy atom. The van der Waals surface area contributed by atoms with Crippen molar-refractivity contribution in [2.45, 2.75) is 77.5 Å². The average molecular weight is 283 g/mol. The minimum absolute atomic E-state index is 0.0541. The summed E-state index contributed by atoms with van der Waals surface area (Å²) in [5, 5.41) is 14.0. The molecule has 2 rings (SSSR count). The van der Waals surface area contributed by atoms with Crippen LogP contribution in [0.15, 0.2) is 0 Å². The van der Waals surface area contributed by atoms with E-state index >= 15 is 0 Å². The van der Waals surface area contributed by atoms with Crippen LogP contribution in [-0.2, 0) is 10.2 Å². The number of rotatable bonds is 2. The van der Waals surface area contributed by atoms with Gasteiger partial charge in [0, 0.05) is 5.41 Å². The first-order valence-corrected chi connectivity index (χ1v) is 7.62. The Morgan fingerprint density at radius 2 is 1.84 bits per heavy atom. The van der Waals surface area contributed by atoms with E-state index in [0.29, 0.717) is 0 Å². The van der Waals surface area contributed by atoms with Crippen molar-refractivity contribution in [2.75, 3.05) is 5.32 Å². The van der Waals surface area contributed by atoms with Crippen LogP contribution in [0, 0.1) is 0 Å². The summed E-state index contributed by atoms with van der Waals surface area (Å²) in [4.78, 5) is 0. The van der Waals surface area contributed by atoms with Gasteiger partial charge in [0.15, 0.2) is 0 Å². The summed E-state index contributed by atoms with van der Waals surface area (Å²) in [6.45, 7) is 15.0. The van der Waals surface area contributed by atoms with Crippen LogP contribution in [0.4, 0.5) is 5.13 Å². The first-order chi connectivity index (χ1) is 8.50. The number of hydrogen-bond acceptors (Lipinski definition) is 5. The molecule has 0 saturated carbocycles. The molecule has 1 aliphatic heterocycles. The van der Waals surface area contributed by atoms with Crippen LogP contribution >= 0.6 is 11.3 Å². The van der Waals surface area contributed by atoms with Crippen molar-refractivity contribution in [1.82, 2.24) is 10.2 Å². The molecule has 1 atom stereocenters. The molecule has 0 radical (unpaired) electrons. The first-order valence-electron chi connectivity index (χ1n) is 6.80. The van der Waals surface area contributed by atoms with Crippen molar-refractivity contribution < 1.29 is 4.74 Å². The summed E-state index contributed by atoms with van der Waals surface area (Å²) in [6, 6.07) is 0.267. The second kappa shape index (κ2) is 4.42. The van der Waals surface area contributed by atoms with E-state index in [2.05, 4.69) is 64.0 Å². The molecule has 0 amide bonds. The number of ether oxygens (including phenoxy) is 1. The lowest BCUT2D eigenvalue weighted by Crippen LogP contribution is -2.38. The van der Waals surface area contributed by atoms with E-state index in [4.69, 9.17) is 4.74 Å². The Hall–Kier alpha value is -0.680. The highest BCUT2D eigenvalue weighted by molar-refractivity contribution is 7.15. The van der Waals surface area contributed by atoms with Gasteiger partial charge >= 0.3 is 0 Å². The van der Waals surface area contributed by atoms with E-state index < -0.39 is 0 Å². The molecule has 1 aromatic heterocycles. The van der Waals surface area contributed by atoms with E-state index in [-0.39, 0.29) is 22.7 Å². The average Bonchev–Trinajstić information content (AvgIpc) is 2.68. The molecule has 0 aliphatic carbocycles. The lowest BCUT2D eigenvalue weighted by molar-refractivity contribution is -0.0662. The second-order valence-electron chi connectivity index (χ2n) is 7.53. The highest BCUT2D eigenvalue weighted by Gasteiger charge is 2.46. The Morgan fingerprint density at radius 1 is 1.21 bits per heavy atom. The predicted molar refractivity (Wildman–Crippen MR) is 79.9 cm³/mol. The number of aromatic nitrogens is 2. The second-order valence-corrected chi connectivity index (χ2v) is 8.51. The van der Waals surface area contributed by atoms with E-state index in [0.717, 1.165) is 16.6 Å². The molecule has 2 heterocycles. The molecule has 0 aromatic carbocycles. The van der Waals surface area contributed by atoms with E-state index in [1.807, 2.05) is 0 Å². The molecule has 1 N–H and O–H groups in total. The number of anilines is 1. The normalized spacial score (nSPS) is 25.5. The number of hydrogen-bond donors (Lipinski definition) is 1. The van der Waals surface area contributed by atoms with Crippen molar-refractivity contribution >= 4 is 16.5 Å². The van der Waals surface area contributed by atoms with Crippen molar-refractivity contribution in [3.05, 3.63) is 5.01 Å². The molecule has 108 valence electrons. The van der Waals surface area contributed by atoms with Gasteiger partial charge in [-0.25, -0.2) is 0 Å². The van der Waals surface area contributed by atoms with Gasteiger partial charge in [0.05, 0.1) is 17.2 Å². The fourth-order valence-corrected chi connectivity index (χ4v) is 3.37. The maximum absolute atomic E-state index is 6.09. The van der Waals surface area contributed by atoms with Crippen LogP contribution in [-0.4, -0.2) is 27.4 Å². The summed E-state index contributed by atoms with van der Waals surface area (Å²) in [5.74, 6) is 0. The Balaban J connectivity index is 2.12. The van der Waals surface area contributed by atoms with Crippen LogP contribution in [0.2, 0.25) is 0 Å². The lowest BCUT2D eigenvalue weighted by Gasteiger charge is -2.27. The smallest absolute Gasteiger partial charge is 0.206 e. The molecule has 4 nitrogen and oxygen atoms in total. The Kier molecular flexibility index (Phi) is 3.42. The molecule has 19 heavy (non-hydrogen) atoms. The fourth-order valence-electron chi connectivity index (χ4n) is 2.52. The van der Waals surface area contributed by atoms with Crippen molar-refractivity contribution in [3.8, 4) is 0 Å². The van der Waals surface area contributed by atoms with Crippen molar-refractivity contribution in [1.29, 1.82) is 0 Å². The fraction of sp³-hybridized carbons (Fsp3) is 0.857. The van der Waals surface area contributed by atoms with Crippen LogP contribution in [0.25, 0.3) is 0 Å². The highest BCUT2D eigenvalue weighted by Crippen LogP contribution is 2.39. The molecule has 1 unspecified atom stereocenters. The Bertz CT molecular complexity index is 460. The molecule has 1 aromatic rings. The molecule has 1 fully saturated rings. The third-order valence-electron chi connectivity index (χ3n) is 3.44. The summed E-state index contributed by atoms with van der Waals surface area (Å²) < 4.78 is 6.09. The quantitative estimate of drug-likeness (QED) is 0.901. The number of nitrogens with zero attached hydrogens (tertiary/aromatic N) is 2. The molecular formula is C14H25N3OS. The zero-order valence-electron chi connectivity index (χ0n) is 13.0. The third-order valence-corrected chi connectivity index (χ3v) is 4.72. The van der Waals surface area contributed by atoms with Crippen LogP contribution < -0.4 is 5.32 Å². The van der Waals surface area contributed by atoms with Gasteiger partial charge in [-0.15, -0.1) is 10.2 Å². The topological polar surface area (TPSA) is 47.0 Å². The van der Waals surface area contributed by atoms with E-state index in [1.165, 1.54) is 0 Å². The van der Waals surface area contributed by atoms with E-state index in [1.54, 1.807) is 11.3 Å². The van der Waals surface area contributed by atoms with Crippen LogP contribution in [0.1, 0.15) is 59.9 Å². The largest absolute Gasteiger partial charge is 0.367 e. The van der Waals surface area contributed by atoms with Gasteiger partial charge in [-0.2, -0.15) is 0 Å². The van der Waals surface area contributed by atoms with Gasteiger partial charge in [0.1, 0.15) is 5.01 Å². The lowest BCUT2D eigenvalue weighted by atomic mass is 9.95. The van der Waals surface area contributed by atoms with Crippen LogP contribution in [0.3, 0.4) is 0 Å². The summed E-state index contributed by atoms with van der Waals surface area (Å²) in [7, 11) is 0. The van der Waals surface area contributed by atoms with Gasteiger partial charge in [-0.3, -0.25) is 0 Å². The van der Waals surface area contributed by atoms with Crippen molar-refractivity contribution in [3.63, 3.8) is 0 Å². The summed E-state index contributed by atoms with van der Waals surface area (Å²) in [5.41, 5.74) is -0.214. The third kappa shape index (κ3) is 3.26. The van der Waals surface area contributed by atoms with Crippen LogP contribution in [0.5, 0.6) is 0 Å². The minimum Gasteiger partial charge on any atom is -0.367 e. The van der Waals surface area contributed by atoms with Gasteiger partial charge in [0.25, 0.3) is 0 Å². The molecule has 5 heteroatoms. The maximum Gasteiger partial charge on any atom is 0.206 e. The minimum atomic E-state index is -0.183. The summed E-state index contributed by atoms with van der Waals surface area (Å²) >= 11 is 1.64. The van der Waals surface area contributed by atoms with E-state index in [9.17, 15) is 0 Å². The van der Waals surface area contributed by atoms with Gasteiger partial charge < -0.3 is 10.1 Å². The standard InChI is InChI=1S/C14H25N3OS/c1-12(2,3)10-16-17-11(19-10)15-9-8-13(4,5)18-14(9,6)7/h9H,8H2,1-7H3,(H,15,17).